The molecule has 0 bridgehead atoms. The van der Waals surface area contributed by atoms with Crippen LogP contribution in [0.2, 0.25) is 0 Å². The first-order chi connectivity index (χ1) is 10.3. The van der Waals surface area contributed by atoms with Crippen molar-refractivity contribution in [2.45, 2.75) is 45.4 Å². The Hall–Kier alpha value is -1.97. The summed E-state index contributed by atoms with van der Waals surface area (Å²) in [7, 11) is 0. The second-order valence-corrected chi connectivity index (χ2v) is 5.46. The summed E-state index contributed by atoms with van der Waals surface area (Å²) >= 11 is 0. The first-order valence-corrected chi connectivity index (χ1v) is 7.86. The molecule has 0 aromatic carbocycles. The first kappa shape index (κ1) is 14.0. The Morgan fingerprint density at radius 2 is 2.10 bits per heavy atom. The molecule has 0 amide bonds. The van der Waals surface area contributed by atoms with Gasteiger partial charge in [-0.2, -0.15) is 0 Å². The van der Waals surface area contributed by atoms with Crippen LogP contribution in [-0.4, -0.2) is 21.5 Å². The van der Waals surface area contributed by atoms with Gasteiger partial charge < -0.3 is 5.32 Å². The molecule has 4 nitrogen and oxygen atoms in total. The lowest BCUT2D eigenvalue weighted by atomic mass is 9.82. The highest BCUT2D eigenvalue weighted by molar-refractivity contribution is 5.49. The van der Waals surface area contributed by atoms with Crippen molar-refractivity contribution in [1.82, 2.24) is 15.0 Å². The molecule has 3 rings (SSSR count). The molecule has 1 aliphatic carbocycles. The first-order valence-electron chi connectivity index (χ1n) is 7.86. The zero-order valence-corrected chi connectivity index (χ0v) is 12.8. The van der Waals surface area contributed by atoms with E-state index in [0.717, 1.165) is 37.3 Å². The summed E-state index contributed by atoms with van der Waals surface area (Å²) < 4.78 is 0. The lowest BCUT2D eigenvalue weighted by Crippen LogP contribution is -2.17. The summed E-state index contributed by atoms with van der Waals surface area (Å²) in [5, 5.41) is 3.36. The Balaban J connectivity index is 2.07. The monoisotopic (exact) mass is 282 g/mol. The van der Waals surface area contributed by atoms with E-state index in [1.807, 2.05) is 12.3 Å². The number of hydrogen-bond acceptors (Lipinski definition) is 4. The van der Waals surface area contributed by atoms with Gasteiger partial charge in [-0.15, -0.1) is 0 Å². The maximum atomic E-state index is 4.65. The van der Waals surface area contributed by atoms with E-state index >= 15 is 0 Å². The molecular weight excluding hydrogens is 260 g/mol. The van der Waals surface area contributed by atoms with E-state index in [-0.39, 0.29) is 0 Å². The molecule has 1 atom stereocenters. The van der Waals surface area contributed by atoms with Crippen LogP contribution >= 0.6 is 0 Å². The lowest BCUT2D eigenvalue weighted by Gasteiger charge is -2.26. The third-order valence-corrected chi connectivity index (χ3v) is 4.20. The van der Waals surface area contributed by atoms with Crippen LogP contribution in [0.15, 0.2) is 24.7 Å². The zero-order chi connectivity index (χ0) is 14.7. The summed E-state index contributed by atoms with van der Waals surface area (Å²) in [6.45, 7) is 5.15. The van der Waals surface area contributed by atoms with Gasteiger partial charge in [-0.3, -0.25) is 4.98 Å². The Morgan fingerprint density at radius 1 is 1.19 bits per heavy atom. The molecule has 0 spiro atoms. The summed E-state index contributed by atoms with van der Waals surface area (Å²) in [6, 6.07) is 4.23. The third kappa shape index (κ3) is 2.62. The fourth-order valence-electron chi connectivity index (χ4n) is 3.27. The minimum absolute atomic E-state index is 0.310. The highest BCUT2D eigenvalue weighted by Gasteiger charge is 2.26. The third-order valence-electron chi connectivity index (χ3n) is 4.20. The number of pyridine rings is 1. The van der Waals surface area contributed by atoms with Gasteiger partial charge in [0.15, 0.2) is 0 Å². The average molecular weight is 282 g/mol. The molecule has 0 saturated carbocycles. The van der Waals surface area contributed by atoms with E-state index in [0.29, 0.717) is 5.92 Å². The van der Waals surface area contributed by atoms with Gasteiger partial charge in [0, 0.05) is 24.2 Å². The fourth-order valence-corrected chi connectivity index (χ4v) is 3.27. The summed E-state index contributed by atoms with van der Waals surface area (Å²) in [5.74, 6) is 1.29. The van der Waals surface area contributed by atoms with Crippen LogP contribution in [-0.2, 0) is 12.8 Å². The van der Waals surface area contributed by atoms with Crippen molar-refractivity contribution in [1.29, 1.82) is 0 Å². The second kappa shape index (κ2) is 6.20. The summed E-state index contributed by atoms with van der Waals surface area (Å²) in [6.07, 6.45) is 7.98. The van der Waals surface area contributed by atoms with Gasteiger partial charge in [0.2, 0.25) is 0 Å². The van der Waals surface area contributed by atoms with Crippen LogP contribution in [0.1, 0.15) is 55.1 Å². The van der Waals surface area contributed by atoms with Crippen LogP contribution in [0.5, 0.6) is 0 Å². The second-order valence-electron chi connectivity index (χ2n) is 5.46. The normalized spacial score (nSPS) is 17.3. The smallest absolute Gasteiger partial charge is 0.132 e. The van der Waals surface area contributed by atoms with Crippen LogP contribution < -0.4 is 5.32 Å². The molecular formula is C17H22N4. The number of hydrogen-bond donors (Lipinski definition) is 1. The SMILES string of the molecule is CCNc1ncnc(C2CCCc3cccnc32)c1CC. The van der Waals surface area contributed by atoms with Gasteiger partial charge in [0.05, 0.1) is 11.4 Å². The van der Waals surface area contributed by atoms with Crippen molar-refractivity contribution in [2.75, 3.05) is 11.9 Å². The van der Waals surface area contributed by atoms with Crippen LogP contribution in [0, 0.1) is 0 Å². The lowest BCUT2D eigenvalue weighted by molar-refractivity contribution is 0.582. The number of nitrogens with one attached hydrogen (secondary N) is 1. The average Bonchev–Trinajstić information content (AvgIpc) is 2.54. The van der Waals surface area contributed by atoms with Gasteiger partial charge in [-0.05, 0) is 44.2 Å². The quantitative estimate of drug-likeness (QED) is 0.934. The molecule has 2 aromatic heterocycles. The van der Waals surface area contributed by atoms with Crippen molar-refractivity contribution in [3.8, 4) is 0 Å². The van der Waals surface area contributed by atoms with Crippen molar-refractivity contribution in [3.05, 3.63) is 47.2 Å². The Bertz CT molecular complexity index is 624. The predicted octanol–water partition coefficient (Wildman–Crippen LogP) is 3.33. The topological polar surface area (TPSA) is 50.7 Å². The zero-order valence-electron chi connectivity index (χ0n) is 12.8. The molecule has 21 heavy (non-hydrogen) atoms. The van der Waals surface area contributed by atoms with E-state index in [4.69, 9.17) is 0 Å². The highest BCUT2D eigenvalue weighted by atomic mass is 15.0. The summed E-state index contributed by atoms with van der Waals surface area (Å²) in [4.78, 5) is 13.7. The van der Waals surface area contributed by atoms with Gasteiger partial charge in [-0.1, -0.05) is 13.0 Å². The Kier molecular flexibility index (Phi) is 4.13. The number of aryl methyl sites for hydroxylation is 1. The molecule has 0 saturated heterocycles. The minimum atomic E-state index is 0.310. The molecule has 0 fully saturated rings. The maximum absolute atomic E-state index is 4.65. The van der Waals surface area contributed by atoms with E-state index < -0.39 is 0 Å². The van der Waals surface area contributed by atoms with E-state index in [1.54, 1.807) is 6.33 Å². The van der Waals surface area contributed by atoms with Crippen molar-refractivity contribution in [2.24, 2.45) is 0 Å². The molecule has 4 heteroatoms. The standard InChI is InChI=1S/C17H22N4/c1-3-13-16(20-11-21-17(13)18-4-2)14-9-5-7-12-8-6-10-19-15(12)14/h6,8,10-11,14H,3-5,7,9H2,1-2H3,(H,18,20,21). The number of rotatable bonds is 4. The molecule has 2 aromatic rings. The number of aromatic nitrogens is 3. The van der Waals surface area contributed by atoms with Crippen LogP contribution in [0.25, 0.3) is 0 Å². The Labute approximate surface area is 126 Å². The predicted molar refractivity (Wildman–Crippen MR) is 84.6 cm³/mol. The van der Waals surface area contributed by atoms with Crippen LogP contribution in [0.3, 0.4) is 0 Å². The highest BCUT2D eigenvalue weighted by Crippen LogP contribution is 2.36. The van der Waals surface area contributed by atoms with E-state index in [9.17, 15) is 0 Å². The van der Waals surface area contributed by atoms with Gasteiger partial charge in [0.25, 0.3) is 0 Å². The maximum Gasteiger partial charge on any atom is 0.132 e. The number of anilines is 1. The summed E-state index contributed by atoms with van der Waals surface area (Å²) in [5.41, 5.74) is 4.98. The van der Waals surface area contributed by atoms with Crippen molar-refractivity contribution in [3.63, 3.8) is 0 Å². The van der Waals surface area contributed by atoms with Crippen molar-refractivity contribution >= 4 is 5.82 Å². The fraction of sp³-hybridized carbons (Fsp3) is 0.471. The van der Waals surface area contributed by atoms with Gasteiger partial charge in [0.1, 0.15) is 12.1 Å². The molecule has 1 unspecified atom stereocenters. The molecule has 0 radical (unpaired) electrons. The molecule has 1 aliphatic rings. The molecule has 1 N–H and O–H groups in total. The molecule has 0 aliphatic heterocycles. The van der Waals surface area contributed by atoms with Gasteiger partial charge in [-0.25, -0.2) is 9.97 Å². The van der Waals surface area contributed by atoms with E-state index in [2.05, 4.69) is 40.2 Å². The largest absolute Gasteiger partial charge is 0.370 e. The van der Waals surface area contributed by atoms with Gasteiger partial charge >= 0.3 is 0 Å². The number of nitrogens with zero attached hydrogens (tertiary/aromatic N) is 3. The molecule has 2 heterocycles. The Morgan fingerprint density at radius 3 is 2.90 bits per heavy atom. The van der Waals surface area contributed by atoms with Crippen LogP contribution in [0.4, 0.5) is 5.82 Å². The number of fused-ring (bicyclic) bond motifs is 1. The molecule has 110 valence electrons. The van der Waals surface area contributed by atoms with Crippen molar-refractivity contribution < 1.29 is 0 Å². The minimum Gasteiger partial charge on any atom is -0.370 e. The van der Waals surface area contributed by atoms with E-state index in [1.165, 1.54) is 23.2 Å².